The summed E-state index contributed by atoms with van der Waals surface area (Å²) in [5, 5.41) is 4.36. The number of nitrogens with two attached hydrogens (primary N) is 1. The molecule has 0 radical (unpaired) electrons. The van der Waals surface area contributed by atoms with Gasteiger partial charge in [0.2, 0.25) is 0 Å². The third-order valence-corrected chi connectivity index (χ3v) is 3.55. The molecule has 2 rings (SSSR count). The van der Waals surface area contributed by atoms with Gasteiger partial charge in [-0.3, -0.25) is 16.0 Å². The molecule has 1 aromatic heterocycles. The Morgan fingerprint density at radius 2 is 1.95 bits per heavy atom. The molecular formula is C15H20F2N4. The van der Waals surface area contributed by atoms with Crippen molar-refractivity contribution >= 4 is 0 Å². The number of nitrogens with zero attached hydrogens (tertiary/aromatic N) is 2. The van der Waals surface area contributed by atoms with Crippen LogP contribution < -0.4 is 11.3 Å². The maximum atomic E-state index is 14.0. The van der Waals surface area contributed by atoms with E-state index in [1.807, 2.05) is 24.6 Å². The zero-order valence-corrected chi connectivity index (χ0v) is 12.5. The van der Waals surface area contributed by atoms with E-state index < -0.39 is 17.7 Å². The molecular weight excluding hydrogens is 274 g/mol. The van der Waals surface area contributed by atoms with Crippen LogP contribution in [0, 0.1) is 25.5 Å². The molecule has 3 N–H and O–H groups in total. The summed E-state index contributed by atoms with van der Waals surface area (Å²) in [4.78, 5) is 0. The van der Waals surface area contributed by atoms with Gasteiger partial charge in [0.05, 0.1) is 11.7 Å². The summed E-state index contributed by atoms with van der Waals surface area (Å²) < 4.78 is 29.2. The number of hydrazine groups is 1. The molecule has 4 nitrogen and oxygen atoms in total. The molecule has 0 aliphatic carbocycles. The molecule has 0 aliphatic heterocycles. The first-order valence-corrected chi connectivity index (χ1v) is 6.91. The summed E-state index contributed by atoms with van der Waals surface area (Å²) >= 11 is 0. The van der Waals surface area contributed by atoms with Gasteiger partial charge in [0.25, 0.3) is 0 Å². The maximum Gasteiger partial charge on any atom is 0.130 e. The van der Waals surface area contributed by atoms with Crippen molar-refractivity contribution in [3.05, 3.63) is 52.3 Å². The Bertz CT molecular complexity index is 637. The summed E-state index contributed by atoms with van der Waals surface area (Å²) in [5.41, 5.74) is 5.22. The number of halogens is 2. The molecule has 0 spiro atoms. The van der Waals surface area contributed by atoms with E-state index in [1.54, 1.807) is 6.92 Å². The fourth-order valence-corrected chi connectivity index (χ4v) is 2.45. The molecule has 0 saturated carbocycles. The number of hydrogen-bond donors (Lipinski definition) is 2. The van der Waals surface area contributed by atoms with Crippen LogP contribution in [-0.4, -0.2) is 9.78 Å². The van der Waals surface area contributed by atoms with Crippen LogP contribution in [0.5, 0.6) is 0 Å². The van der Waals surface area contributed by atoms with Crippen molar-refractivity contribution in [3.63, 3.8) is 0 Å². The second kappa shape index (κ2) is 6.32. The number of rotatable bonds is 5. The Hall–Kier alpha value is -1.79. The van der Waals surface area contributed by atoms with Crippen molar-refractivity contribution in [1.82, 2.24) is 15.2 Å². The number of nitrogens with one attached hydrogen (secondary N) is 1. The van der Waals surface area contributed by atoms with Crippen molar-refractivity contribution in [2.24, 2.45) is 5.84 Å². The van der Waals surface area contributed by atoms with E-state index in [0.29, 0.717) is 17.5 Å². The Morgan fingerprint density at radius 3 is 2.57 bits per heavy atom. The van der Waals surface area contributed by atoms with E-state index in [-0.39, 0.29) is 0 Å². The topological polar surface area (TPSA) is 55.9 Å². The highest BCUT2D eigenvalue weighted by Crippen LogP contribution is 2.24. The van der Waals surface area contributed by atoms with Crippen molar-refractivity contribution in [3.8, 4) is 0 Å². The Kier molecular flexibility index (Phi) is 4.69. The molecule has 0 fully saturated rings. The zero-order chi connectivity index (χ0) is 15.6. The standard InChI is InChI=1S/C15H20F2N4/c1-4-21-11(6-10(3)20-21)7-15(19-18)12-5-9(2)13(16)8-14(12)17/h5-6,8,15,19H,4,7,18H2,1-3H3. The van der Waals surface area contributed by atoms with Crippen LogP contribution >= 0.6 is 0 Å². The smallest absolute Gasteiger partial charge is 0.130 e. The van der Waals surface area contributed by atoms with E-state index >= 15 is 0 Å². The first kappa shape index (κ1) is 15.6. The lowest BCUT2D eigenvalue weighted by molar-refractivity contribution is 0.484. The molecule has 2 aromatic rings. The van der Waals surface area contributed by atoms with E-state index in [4.69, 9.17) is 5.84 Å². The van der Waals surface area contributed by atoms with Crippen molar-refractivity contribution in [2.75, 3.05) is 0 Å². The molecule has 1 aromatic carbocycles. The SMILES string of the molecule is CCn1nc(C)cc1CC(NN)c1cc(C)c(F)cc1F. The summed E-state index contributed by atoms with van der Waals surface area (Å²) in [6, 6.07) is 3.90. The molecule has 1 heterocycles. The average Bonchev–Trinajstić information content (AvgIpc) is 2.80. The van der Waals surface area contributed by atoms with Crippen LogP contribution in [0.3, 0.4) is 0 Å². The predicted molar refractivity (Wildman–Crippen MR) is 77.5 cm³/mol. The van der Waals surface area contributed by atoms with Crippen molar-refractivity contribution < 1.29 is 8.78 Å². The number of aryl methyl sites for hydroxylation is 3. The van der Waals surface area contributed by atoms with Gasteiger partial charge in [-0.25, -0.2) is 8.78 Å². The van der Waals surface area contributed by atoms with Gasteiger partial charge in [0.15, 0.2) is 0 Å². The molecule has 0 aliphatic rings. The molecule has 1 unspecified atom stereocenters. The minimum Gasteiger partial charge on any atom is -0.271 e. The summed E-state index contributed by atoms with van der Waals surface area (Å²) in [5.74, 6) is 4.42. The van der Waals surface area contributed by atoms with E-state index in [0.717, 1.165) is 24.0 Å². The van der Waals surface area contributed by atoms with E-state index in [1.165, 1.54) is 6.07 Å². The lowest BCUT2D eigenvalue weighted by atomic mass is 9.99. The van der Waals surface area contributed by atoms with E-state index in [9.17, 15) is 8.78 Å². The van der Waals surface area contributed by atoms with Gasteiger partial charge in [-0.1, -0.05) is 0 Å². The monoisotopic (exact) mass is 294 g/mol. The normalized spacial score (nSPS) is 12.7. The number of aromatic nitrogens is 2. The average molecular weight is 294 g/mol. The molecule has 0 saturated heterocycles. The third-order valence-electron chi connectivity index (χ3n) is 3.55. The Morgan fingerprint density at radius 1 is 1.24 bits per heavy atom. The van der Waals surface area contributed by atoms with Crippen LogP contribution in [0.25, 0.3) is 0 Å². The summed E-state index contributed by atoms with van der Waals surface area (Å²) in [6.45, 7) is 6.23. The van der Waals surface area contributed by atoms with Crippen LogP contribution in [-0.2, 0) is 13.0 Å². The Balaban J connectivity index is 2.34. The fraction of sp³-hybridized carbons (Fsp3) is 0.400. The Labute approximate surface area is 122 Å². The van der Waals surface area contributed by atoms with Crippen LogP contribution in [0.15, 0.2) is 18.2 Å². The van der Waals surface area contributed by atoms with Gasteiger partial charge in [0.1, 0.15) is 11.6 Å². The van der Waals surface area contributed by atoms with Gasteiger partial charge in [-0.05, 0) is 38.5 Å². The first-order valence-electron chi connectivity index (χ1n) is 6.91. The molecule has 21 heavy (non-hydrogen) atoms. The molecule has 1 atom stereocenters. The third kappa shape index (κ3) is 3.28. The predicted octanol–water partition coefficient (Wildman–Crippen LogP) is 2.55. The van der Waals surface area contributed by atoms with Crippen LogP contribution in [0.4, 0.5) is 8.78 Å². The van der Waals surface area contributed by atoms with E-state index in [2.05, 4.69) is 10.5 Å². The zero-order valence-electron chi connectivity index (χ0n) is 12.5. The minimum absolute atomic E-state index is 0.359. The fourth-order valence-electron chi connectivity index (χ4n) is 2.45. The quantitative estimate of drug-likeness (QED) is 0.658. The second-order valence-corrected chi connectivity index (χ2v) is 5.14. The van der Waals surface area contributed by atoms with Gasteiger partial charge in [-0.15, -0.1) is 0 Å². The maximum absolute atomic E-state index is 14.0. The summed E-state index contributed by atoms with van der Waals surface area (Å²) in [7, 11) is 0. The molecule has 0 bridgehead atoms. The van der Waals surface area contributed by atoms with Crippen LogP contribution in [0.1, 0.15) is 35.5 Å². The van der Waals surface area contributed by atoms with Crippen LogP contribution in [0.2, 0.25) is 0 Å². The van der Waals surface area contributed by atoms with Crippen molar-refractivity contribution in [2.45, 2.75) is 39.8 Å². The first-order chi connectivity index (χ1) is 9.96. The number of hydrogen-bond acceptors (Lipinski definition) is 3. The highest BCUT2D eigenvalue weighted by atomic mass is 19.1. The second-order valence-electron chi connectivity index (χ2n) is 5.14. The largest absolute Gasteiger partial charge is 0.271 e. The summed E-state index contributed by atoms with van der Waals surface area (Å²) in [6.07, 6.45) is 0.479. The van der Waals surface area contributed by atoms with Gasteiger partial charge < -0.3 is 0 Å². The lowest BCUT2D eigenvalue weighted by Crippen LogP contribution is -2.31. The van der Waals surface area contributed by atoms with Gasteiger partial charge in [0, 0.05) is 30.3 Å². The van der Waals surface area contributed by atoms with Gasteiger partial charge >= 0.3 is 0 Å². The van der Waals surface area contributed by atoms with Crippen molar-refractivity contribution in [1.29, 1.82) is 0 Å². The highest BCUT2D eigenvalue weighted by Gasteiger charge is 2.19. The highest BCUT2D eigenvalue weighted by molar-refractivity contribution is 5.29. The molecule has 6 heteroatoms. The molecule has 0 amide bonds. The number of benzene rings is 1. The lowest BCUT2D eigenvalue weighted by Gasteiger charge is -2.18. The molecule has 114 valence electrons. The van der Waals surface area contributed by atoms with Gasteiger partial charge in [-0.2, -0.15) is 5.10 Å². The minimum atomic E-state index is -0.597.